The van der Waals surface area contributed by atoms with Crippen LogP contribution >= 0.6 is 11.7 Å². The molecule has 130 valence electrons. The number of rotatable bonds is 5. The molecule has 1 amide bonds. The molecule has 3 aromatic rings. The third-order valence-electron chi connectivity index (χ3n) is 3.72. The van der Waals surface area contributed by atoms with E-state index in [4.69, 9.17) is 0 Å². The van der Waals surface area contributed by atoms with Crippen molar-refractivity contribution in [3.05, 3.63) is 48.0 Å². The van der Waals surface area contributed by atoms with Crippen LogP contribution in [0.3, 0.4) is 0 Å². The van der Waals surface area contributed by atoms with Gasteiger partial charge in [-0.05, 0) is 30.7 Å². The molecule has 7 nitrogen and oxygen atoms in total. The van der Waals surface area contributed by atoms with Gasteiger partial charge in [-0.1, -0.05) is 24.3 Å². The molecule has 0 fully saturated rings. The molecule has 0 bridgehead atoms. The molecule has 0 saturated heterocycles. The quantitative estimate of drug-likeness (QED) is 0.737. The van der Waals surface area contributed by atoms with Gasteiger partial charge in [-0.3, -0.25) is 4.79 Å². The lowest BCUT2D eigenvalue weighted by atomic mass is 10.2. The number of fused-ring (bicyclic) bond motifs is 1. The number of hydrogen-bond donors (Lipinski definition) is 1. The first-order valence-electron chi connectivity index (χ1n) is 7.42. The van der Waals surface area contributed by atoms with Crippen LogP contribution in [0.2, 0.25) is 0 Å². The summed E-state index contributed by atoms with van der Waals surface area (Å²) in [6, 6.07) is 12.1. The summed E-state index contributed by atoms with van der Waals surface area (Å²) in [5.41, 5.74) is 2.39. The number of carbonyl (C=O) groups excluding carboxylic acids is 1. The normalized spacial score (nSPS) is 11.8. The summed E-state index contributed by atoms with van der Waals surface area (Å²) in [5, 5.41) is 2.73. The summed E-state index contributed by atoms with van der Waals surface area (Å²) in [6.45, 7) is 1.57. The Morgan fingerprint density at radius 2 is 1.92 bits per heavy atom. The van der Waals surface area contributed by atoms with E-state index in [9.17, 15) is 13.2 Å². The smallest absolute Gasteiger partial charge is 0.245 e. The first kappa shape index (κ1) is 17.5. The van der Waals surface area contributed by atoms with Crippen molar-refractivity contribution in [3.63, 3.8) is 0 Å². The zero-order valence-corrected chi connectivity index (χ0v) is 15.3. The minimum Gasteiger partial charge on any atom is -0.325 e. The van der Waals surface area contributed by atoms with E-state index in [1.54, 1.807) is 24.3 Å². The average molecular weight is 376 g/mol. The Kier molecular flexibility index (Phi) is 4.80. The Morgan fingerprint density at radius 1 is 1.16 bits per heavy atom. The minimum atomic E-state index is -3.86. The van der Waals surface area contributed by atoms with E-state index in [0.717, 1.165) is 21.6 Å². The first-order chi connectivity index (χ1) is 11.9. The van der Waals surface area contributed by atoms with Gasteiger partial charge < -0.3 is 5.32 Å². The Bertz CT molecular complexity index is 1030. The van der Waals surface area contributed by atoms with E-state index >= 15 is 0 Å². The van der Waals surface area contributed by atoms with Crippen LogP contribution < -0.4 is 5.32 Å². The van der Waals surface area contributed by atoms with E-state index in [2.05, 4.69) is 14.1 Å². The summed E-state index contributed by atoms with van der Waals surface area (Å²) in [4.78, 5) is 12.3. The molecule has 1 aromatic heterocycles. The molecule has 9 heteroatoms. The molecular formula is C16H16N4O3S2. The monoisotopic (exact) mass is 376 g/mol. The van der Waals surface area contributed by atoms with Gasteiger partial charge in [0.1, 0.15) is 15.9 Å². The van der Waals surface area contributed by atoms with Gasteiger partial charge in [0.15, 0.2) is 0 Å². The number of hydrogen-bond acceptors (Lipinski definition) is 6. The van der Waals surface area contributed by atoms with Crippen molar-refractivity contribution in [1.82, 2.24) is 13.1 Å². The standard InChI is InChI=1S/C16H16N4O3S2/c1-11-6-3-4-7-12(11)17-15(21)10-20(2)25(22,23)14-9-5-8-13-16(14)19-24-18-13/h3-9H,10H2,1-2H3,(H,17,21). The predicted octanol–water partition coefficient (Wildman–Crippen LogP) is 2.26. The van der Waals surface area contributed by atoms with Crippen LogP contribution in [-0.4, -0.2) is 41.0 Å². The summed E-state index contributed by atoms with van der Waals surface area (Å²) < 4.78 is 34.7. The molecular weight excluding hydrogens is 360 g/mol. The maximum absolute atomic E-state index is 12.8. The second-order valence-corrected chi connectivity index (χ2v) is 8.05. The third kappa shape index (κ3) is 3.53. The number of carbonyl (C=O) groups is 1. The van der Waals surface area contributed by atoms with Crippen molar-refractivity contribution < 1.29 is 13.2 Å². The lowest BCUT2D eigenvalue weighted by Gasteiger charge is -2.17. The summed E-state index contributed by atoms with van der Waals surface area (Å²) >= 11 is 0.950. The van der Waals surface area contributed by atoms with E-state index in [1.807, 2.05) is 19.1 Å². The van der Waals surface area contributed by atoms with Gasteiger partial charge in [0.25, 0.3) is 0 Å². The second kappa shape index (κ2) is 6.87. The van der Waals surface area contributed by atoms with Crippen LogP contribution in [0.4, 0.5) is 5.69 Å². The fraction of sp³-hybridized carbons (Fsp3) is 0.188. The summed E-state index contributed by atoms with van der Waals surface area (Å²) in [7, 11) is -2.49. The Hall–Kier alpha value is -2.36. The summed E-state index contributed by atoms with van der Waals surface area (Å²) in [6.07, 6.45) is 0. The second-order valence-electron chi connectivity index (χ2n) is 5.51. The zero-order valence-electron chi connectivity index (χ0n) is 13.6. The molecule has 1 heterocycles. The zero-order chi connectivity index (χ0) is 18.0. The molecule has 0 spiro atoms. The molecule has 0 unspecified atom stereocenters. The molecule has 3 rings (SSSR count). The number of benzene rings is 2. The highest BCUT2D eigenvalue weighted by Gasteiger charge is 2.26. The van der Waals surface area contributed by atoms with Gasteiger partial charge in [-0.15, -0.1) is 0 Å². The van der Waals surface area contributed by atoms with Gasteiger partial charge in [0, 0.05) is 12.7 Å². The van der Waals surface area contributed by atoms with E-state index in [-0.39, 0.29) is 11.4 Å². The molecule has 2 aromatic carbocycles. The maximum atomic E-state index is 12.8. The largest absolute Gasteiger partial charge is 0.325 e. The minimum absolute atomic E-state index is 0.0462. The average Bonchev–Trinajstić information content (AvgIpc) is 3.05. The van der Waals surface area contributed by atoms with Crippen LogP contribution in [0.15, 0.2) is 47.4 Å². The van der Waals surface area contributed by atoms with Crippen molar-refractivity contribution in [1.29, 1.82) is 0 Å². The number of para-hydroxylation sites is 1. The number of amides is 1. The number of aryl methyl sites for hydroxylation is 1. The topological polar surface area (TPSA) is 92.3 Å². The highest BCUT2D eigenvalue weighted by Crippen LogP contribution is 2.23. The molecule has 0 atom stereocenters. The van der Waals surface area contributed by atoms with Gasteiger partial charge in [0.2, 0.25) is 15.9 Å². The lowest BCUT2D eigenvalue weighted by molar-refractivity contribution is -0.116. The van der Waals surface area contributed by atoms with Crippen LogP contribution in [0.1, 0.15) is 5.56 Å². The number of anilines is 1. The van der Waals surface area contributed by atoms with E-state index in [0.29, 0.717) is 16.7 Å². The van der Waals surface area contributed by atoms with Crippen LogP contribution in [-0.2, 0) is 14.8 Å². The van der Waals surface area contributed by atoms with Crippen molar-refractivity contribution in [2.75, 3.05) is 18.9 Å². The highest BCUT2D eigenvalue weighted by molar-refractivity contribution is 7.89. The highest BCUT2D eigenvalue weighted by atomic mass is 32.2. The first-order valence-corrected chi connectivity index (χ1v) is 9.60. The van der Waals surface area contributed by atoms with Gasteiger partial charge >= 0.3 is 0 Å². The number of aromatic nitrogens is 2. The van der Waals surface area contributed by atoms with Crippen LogP contribution in [0.25, 0.3) is 11.0 Å². The predicted molar refractivity (Wildman–Crippen MR) is 97.0 cm³/mol. The maximum Gasteiger partial charge on any atom is 0.245 e. The Morgan fingerprint density at radius 3 is 2.68 bits per heavy atom. The number of nitrogens with one attached hydrogen (secondary N) is 1. The number of sulfonamides is 1. The van der Waals surface area contributed by atoms with Crippen LogP contribution in [0.5, 0.6) is 0 Å². The Balaban J connectivity index is 1.80. The van der Waals surface area contributed by atoms with E-state index < -0.39 is 15.9 Å². The fourth-order valence-electron chi connectivity index (χ4n) is 2.35. The van der Waals surface area contributed by atoms with E-state index in [1.165, 1.54) is 13.1 Å². The summed E-state index contributed by atoms with van der Waals surface area (Å²) in [5.74, 6) is -0.413. The van der Waals surface area contributed by atoms with Crippen LogP contribution in [0, 0.1) is 6.92 Å². The number of nitrogens with zero attached hydrogens (tertiary/aromatic N) is 3. The molecule has 0 radical (unpaired) electrons. The molecule has 0 aliphatic rings. The number of likely N-dealkylation sites (N-methyl/N-ethyl adjacent to an activating group) is 1. The van der Waals surface area contributed by atoms with Gasteiger partial charge in [0.05, 0.1) is 18.3 Å². The fourth-order valence-corrected chi connectivity index (χ4v) is 4.22. The lowest BCUT2D eigenvalue weighted by Crippen LogP contribution is -2.35. The molecule has 0 aliphatic heterocycles. The van der Waals surface area contributed by atoms with Crippen molar-refractivity contribution in [2.24, 2.45) is 0 Å². The van der Waals surface area contributed by atoms with Crippen molar-refractivity contribution in [2.45, 2.75) is 11.8 Å². The molecule has 0 aliphatic carbocycles. The van der Waals surface area contributed by atoms with Crippen molar-refractivity contribution >= 4 is 44.4 Å². The van der Waals surface area contributed by atoms with Crippen molar-refractivity contribution in [3.8, 4) is 0 Å². The third-order valence-corrected chi connectivity index (χ3v) is 6.10. The van der Waals surface area contributed by atoms with Gasteiger partial charge in [-0.25, -0.2) is 8.42 Å². The van der Waals surface area contributed by atoms with Gasteiger partial charge in [-0.2, -0.15) is 13.1 Å². The molecule has 25 heavy (non-hydrogen) atoms. The SMILES string of the molecule is Cc1ccccc1NC(=O)CN(C)S(=O)(=O)c1cccc2nsnc12. The molecule has 1 N–H and O–H groups in total. The Labute approximate surface area is 149 Å². The molecule has 0 saturated carbocycles.